The van der Waals surface area contributed by atoms with E-state index < -0.39 is 0 Å². The van der Waals surface area contributed by atoms with Crippen molar-refractivity contribution in [3.8, 4) is 0 Å². The van der Waals surface area contributed by atoms with Crippen LogP contribution < -0.4 is 4.90 Å². The van der Waals surface area contributed by atoms with E-state index in [-0.39, 0.29) is 0 Å². The number of para-hydroxylation sites is 2. The highest BCUT2D eigenvalue weighted by Crippen LogP contribution is 2.25. The molecule has 0 N–H and O–H groups in total. The van der Waals surface area contributed by atoms with Gasteiger partial charge >= 0.3 is 0 Å². The van der Waals surface area contributed by atoms with E-state index >= 15 is 0 Å². The molecule has 0 radical (unpaired) electrons. The number of hydrogen-bond donors (Lipinski definition) is 0. The van der Waals surface area contributed by atoms with Crippen molar-refractivity contribution in [1.82, 2.24) is 0 Å². The van der Waals surface area contributed by atoms with Gasteiger partial charge in [-0.25, -0.2) is 0 Å². The topological polar surface area (TPSA) is 20.3 Å². The summed E-state index contributed by atoms with van der Waals surface area (Å²) in [6.45, 7) is 0. The fourth-order valence-corrected chi connectivity index (χ4v) is 2.34. The SMILES string of the molecule is O=Cc1ccc(C=CN(c2ccccc2)c2ccccc2)cc1. The Morgan fingerprint density at radius 3 is 1.57 bits per heavy atom. The first-order valence-corrected chi connectivity index (χ1v) is 7.49. The summed E-state index contributed by atoms with van der Waals surface area (Å²) in [5.41, 5.74) is 3.93. The van der Waals surface area contributed by atoms with Gasteiger partial charge in [0.05, 0.1) is 0 Å². The van der Waals surface area contributed by atoms with Crippen molar-refractivity contribution in [2.75, 3.05) is 4.90 Å². The lowest BCUT2D eigenvalue weighted by atomic mass is 10.1. The molecule has 3 rings (SSSR count). The van der Waals surface area contributed by atoms with Crippen molar-refractivity contribution in [2.24, 2.45) is 0 Å². The van der Waals surface area contributed by atoms with Crippen LogP contribution in [-0.4, -0.2) is 6.29 Å². The Balaban J connectivity index is 1.92. The van der Waals surface area contributed by atoms with Crippen LogP contribution in [0, 0.1) is 0 Å². The predicted octanol–water partition coefficient (Wildman–Crippen LogP) is 5.31. The highest BCUT2D eigenvalue weighted by atomic mass is 16.1. The molecule has 0 aliphatic heterocycles. The third kappa shape index (κ3) is 3.74. The molecule has 0 atom stereocenters. The molecule has 0 aliphatic carbocycles. The molecule has 2 nitrogen and oxygen atoms in total. The zero-order valence-corrected chi connectivity index (χ0v) is 12.7. The van der Waals surface area contributed by atoms with Crippen LogP contribution in [0.4, 0.5) is 11.4 Å². The van der Waals surface area contributed by atoms with Crippen molar-refractivity contribution in [3.63, 3.8) is 0 Å². The maximum absolute atomic E-state index is 10.7. The number of nitrogens with zero attached hydrogens (tertiary/aromatic N) is 1. The van der Waals surface area contributed by atoms with Crippen LogP contribution >= 0.6 is 0 Å². The lowest BCUT2D eigenvalue weighted by Crippen LogP contribution is -2.07. The van der Waals surface area contributed by atoms with Crippen LogP contribution in [0.3, 0.4) is 0 Å². The number of rotatable bonds is 5. The summed E-state index contributed by atoms with van der Waals surface area (Å²) >= 11 is 0. The minimum atomic E-state index is 0.685. The number of hydrogen-bond acceptors (Lipinski definition) is 2. The van der Waals surface area contributed by atoms with E-state index in [0.29, 0.717) is 5.56 Å². The molecule has 0 fully saturated rings. The lowest BCUT2D eigenvalue weighted by molar-refractivity contribution is 0.112. The summed E-state index contributed by atoms with van der Waals surface area (Å²) in [7, 11) is 0. The molecule has 0 aromatic heterocycles. The van der Waals surface area contributed by atoms with Gasteiger partial charge in [-0.05, 0) is 35.9 Å². The van der Waals surface area contributed by atoms with Crippen LogP contribution in [-0.2, 0) is 0 Å². The normalized spacial score (nSPS) is 10.6. The zero-order chi connectivity index (χ0) is 15.9. The summed E-state index contributed by atoms with van der Waals surface area (Å²) < 4.78 is 0. The number of carbonyl (C=O) groups is 1. The van der Waals surface area contributed by atoms with Crippen LogP contribution in [0.5, 0.6) is 0 Å². The van der Waals surface area contributed by atoms with E-state index in [1.165, 1.54) is 0 Å². The monoisotopic (exact) mass is 299 g/mol. The Kier molecular flexibility index (Phi) is 4.65. The quantitative estimate of drug-likeness (QED) is 0.595. The van der Waals surface area contributed by atoms with E-state index in [1.807, 2.05) is 72.9 Å². The Hall–Kier alpha value is -3.13. The largest absolute Gasteiger partial charge is 0.317 e. The van der Waals surface area contributed by atoms with Gasteiger partial charge in [0.2, 0.25) is 0 Å². The molecule has 112 valence electrons. The van der Waals surface area contributed by atoms with E-state index in [0.717, 1.165) is 23.2 Å². The molecule has 0 saturated carbocycles. The second-order valence-electron chi connectivity index (χ2n) is 5.14. The van der Waals surface area contributed by atoms with E-state index in [4.69, 9.17) is 0 Å². The molecule has 2 heteroatoms. The highest BCUT2D eigenvalue weighted by molar-refractivity contribution is 5.75. The molecule has 23 heavy (non-hydrogen) atoms. The van der Waals surface area contributed by atoms with Gasteiger partial charge in [-0.2, -0.15) is 0 Å². The zero-order valence-electron chi connectivity index (χ0n) is 12.7. The second kappa shape index (κ2) is 7.23. The first-order valence-electron chi connectivity index (χ1n) is 7.49. The van der Waals surface area contributed by atoms with Gasteiger partial charge in [-0.3, -0.25) is 4.79 Å². The molecule has 0 aliphatic rings. The van der Waals surface area contributed by atoms with Gasteiger partial charge in [-0.15, -0.1) is 0 Å². The van der Waals surface area contributed by atoms with Crippen molar-refractivity contribution in [1.29, 1.82) is 0 Å². The van der Waals surface area contributed by atoms with Gasteiger partial charge in [0.15, 0.2) is 0 Å². The Labute approximate surface area is 136 Å². The van der Waals surface area contributed by atoms with E-state index in [1.54, 1.807) is 0 Å². The summed E-state index contributed by atoms with van der Waals surface area (Å²) in [5, 5.41) is 0. The third-order valence-electron chi connectivity index (χ3n) is 3.56. The van der Waals surface area contributed by atoms with E-state index in [9.17, 15) is 4.79 Å². The molecular formula is C21H17NO. The first kappa shape index (κ1) is 14.8. The molecule has 0 heterocycles. The van der Waals surface area contributed by atoms with Crippen LogP contribution in [0.25, 0.3) is 6.08 Å². The maximum Gasteiger partial charge on any atom is 0.150 e. The lowest BCUT2D eigenvalue weighted by Gasteiger charge is -2.20. The summed E-state index contributed by atoms with van der Waals surface area (Å²) in [6, 6.07) is 27.9. The smallest absolute Gasteiger partial charge is 0.150 e. The van der Waals surface area contributed by atoms with Gasteiger partial charge in [-0.1, -0.05) is 60.7 Å². The number of anilines is 2. The van der Waals surface area contributed by atoms with Gasteiger partial charge in [0, 0.05) is 23.1 Å². The van der Waals surface area contributed by atoms with Crippen molar-refractivity contribution in [3.05, 3.63) is 102 Å². The molecule has 3 aromatic rings. The van der Waals surface area contributed by atoms with Crippen LogP contribution in [0.1, 0.15) is 15.9 Å². The standard InChI is InChI=1S/C21H17NO/c23-17-19-13-11-18(12-14-19)15-16-22(20-7-3-1-4-8-20)21-9-5-2-6-10-21/h1-17H. The Bertz CT molecular complexity index is 738. The second-order valence-corrected chi connectivity index (χ2v) is 5.14. The minimum Gasteiger partial charge on any atom is -0.317 e. The Morgan fingerprint density at radius 2 is 1.09 bits per heavy atom. The average molecular weight is 299 g/mol. The molecule has 0 saturated heterocycles. The Morgan fingerprint density at radius 1 is 0.609 bits per heavy atom. The molecule has 3 aromatic carbocycles. The highest BCUT2D eigenvalue weighted by Gasteiger charge is 2.04. The van der Waals surface area contributed by atoms with Crippen LogP contribution in [0.2, 0.25) is 0 Å². The summed E-state index contributed by atoms with van der Waals surface area (Å²) in [4.78, 5) is 12.9. The van der Waals surface area contributed by atoms with Gasteiger partial charge in [0.1, 0.15) is 6.29 Å². The van der Waals surface area contributed by atoms with Crippen molar-refractivity contribution >= 4 is 23.7 Å². The van der Waals surface area contributed by atoms with Gasteiger partial charge in [0.25, 0.3) is 0 Å². The fourth-order valence-electron chi connectivity index (χ4n) is 2.34. The number of carbonyl (C=O) groups excluding carboxylic acids is 1. The predicted molar refractivity (Wildman–Crippen MR) is 95.9 cm³/mol. The molecular weight excluding hydrogens is 282 g/mol. The van der Waals surface area contributed by atoms with Crippen LogP contribution in [0.15, 0.2) is 91.1 Å². The third-order valence-corrected chi connectivity index (χ3v) is 3.56. The summed E-state index contributed by atoms with van der Waals surface area (Å²) in [6.07, 6.45) is 4.93. The maximum atomic E-state index is 10.7. The van der Waals surface area contributed by atoms with Gasteiger partial charge < -0.3 is 4.90 Å². The molecule has 0 unspecified atom stereocenters. The molecule has 0 spiro atoms. The molecule has 0 amide bonds. The minimum absolute atomic E-state index is 0.685. The molecule has 0 bridgehead atoms. The fraction of sp³-hybridized carbons (Fsp3) is 0. The number of benzene rings is 3. The van der Waals surface area contributed by atoms with E-state index in [2.05, 4.69) is 29.2 Å². The first-order chi connectivity index (χ1) is 11.4. The van der Waals surface area contributed by atoms with Crippen molar-refractivity contribution in [2.45, 2.75) is 0 Å². The average Bonchev–Trinajstić information content (AvgIpc) is 2.64. The van der Waals surface area contributed by atoms with Crippen molar-refractivity contribution < 1.29 is 4.79 Å². The number of aldehydes is 1. The summed E-state index contributed by atoms with van der Waals surface area (Å²) in [5.74, 6) is 0.